The Morgan fingerprint density at radius 3 is 2.50 bits per heavy atom. The van der Waals surface area contributed by atoms with Crippen LogP contribution in [0.2, 0.25) is 0 Å². The van der Waals surface area contributed by atoms with E-state index in [1.807, 2.05) is 6.07 Å². The average Bonchev–Trinajstić information content (AvgIpc) is 3.59. The summed E-state index contributed by atoms with van der Waals surface area (Å²) in [5.74, 6) is -3.12. The first-order valence-corrected chi connectivity index (χ1v) is 13.0. The lowest BCUT2D eigenvalue weighted by Gasteiger charge is -2.32. The molecular formula is C27H32N6O7. The van der Waals surface area contributed by atoms with E-state index in [0.717, 1.165) is 4.90 Å². The standard InChI is InChI=1S/C27H32N6O7/c28-23(35)18-8-4-12-31(14-18)15-19(26(38)32-13-5-9-20(32)24(29)36)30-25(37)21-10-11-22(34)33(21)27(39)40-16-17-6-2-1-3-7-17/h1-4,6-7,12,14,19-21H,5,8-11,13,15-16H2,(H2,28,35)(H2,29,36)(H,30,37)/t19?,20-,21-/m0/s1. The van der Waals surface area contributed by atoms with Crippen molar-refractivity contribution in [2.45, 2.75) is 56.8 Å². The van der Waals surface area contributed by atoms with Gasteiger partial charge in [0.25, 0.3) is 0 Å². The fraction of sp³-hybridized carbons (Fsp3) is 0.407. The van der Waals surface area contributed by atoms with E-state index in [2.05, 4.69) is 5.32 Å². The van der Waals surface area contributed by atoms with E-state index < -0.39 is 53.8 Å². The Balaban J connectivity index is 1.51. The van der Waals surface area contributed by atoms with Crippen LogP contribution >= 0.6 is 0 Å². The fourth-order valence-corrected chi connectivity index (χ4v) is 5.03. The summed E-state index contributed by atoms with van der Waals surface area (Å²) >= 11 is 0. The first-order valence-electron chi connectivity index (χ1n) is 13.0. The van der Waals surface area contributed by atoms with Crippen LogP contribution in [0, 0.1) is 0 Å². The van der Waals surface area contributed by atoms with E-state index in [4.69, 9.17) is 16.2 Å². The van der Waals surface area contributed by atoms with E-state index >= 15 is 0 Å². The third-order valence-corrected chi connectivity index (χ3v) is 7.06. The molecule has 212 valence electrons. The lowest BCUT2D eigenvalue weighted by Crippen LogP contribution is -2.58. The summed E-state index contributed by atoms with van der Waals surface area (Å²) in [4.78, 5) is 79.7. The number of hydrogen-bond donors (Lipinski definition) is 3. The fourth-order valence-electron chi connectivity index (χ4n) is 5.03. The van der Waals surface area contributed by atoms with E-state index in [-0.39, 0.29) is 32.5 Å². The molecule has 5 N–H and O–H groups in total. The number of nitrogens with zero attached hydrogens (tertiary/aromatic N) is 3. The van der Waals surface area contributed by atoms with Gasteiger partial charge in [0.05, 0.1) is 6.54 Å². The summed E-state index contributed by atoms with van der Waals surface area (Å²) in [5, 5.41) is 2.66. The van der Waals surface area contributed by atoms with Crippen LogP contribution < -0.4 is 16.8 Å². The highest BCUT2D eigenvalue weighted by molar-refractivity contribution is 6.02. The number of carbonyl (C=O) groups is 6. The maximum Gasteiger partial charge on any atom is 0.417 e. The molecule has 0 saturated carbocycles. The zero-order valence-electron chi connectivity index (χ0n) is 21.9. The minimum atomic E-state index is -1.20. The van der Waals surface area contributed by atoms with Crippen molar-refractivity contribution in [2.75, 3.05) is 13.1 Å². The maximum atomic E-state index is 13.6. The SMILES string of the molecule is NC(=O)C1=CN(CC(NC(=O)[C@@H]2CCC(=O)N2C(=O)OCc2ccccc2)C(=O)N2CCC[C@H]2C(N)=O)C=CC1. The van der Waals surface area contributed by atoms with Crippen molar-refractivity contribution < 1.29 is 33.5 Å². The van der Waals surface area contributed by atoms with Crippen LogP contribution in [0.15, 0.2) is 54.4 Å². The van der Waals surface area contributed by atoms with Crippen LogP contribution in [0.25, 0.3) is 0 Å². The molecule has 4 rings (SSSR count). The van der Waals surface area contributed by atoms with Crippen molar-refractivity contribution in [1.82, 2.24) is 20.0 Å². The van der Waals surface area contributed by atoms with Crippen LogP contribution in [0.5, 0.6) is 0 Å². The molecule has 3 aliphatic rings. The van der Waals surface area contributed by atoms with Gasteiger partial charge in [-0.25, -0.2) is 9.69 Å². The number of hydrogen-bond acceptors (Lipinski definition) is 8. The van der Waals surface area contributed by atoms with Gasteiger partial charge in [0, 0.05) is 24.7 Å². The summed E-state index contributed by atoms with van der Waals surface area (Å²) < 4.78 is 5.28. The number of ether oxygens (including phenoxy) is 1. The van der Waals surface area contributed by atoms with Crippen molar-refractivity contribution in [3.8, 4) is 0 Å². The Morgan fingerprint density at radius 2 is 1.80 bits per heavy atom. The molecule has 0 aromatic heterocycles. The molecule has 3 heterocycles. The number of imide groups is 1. The Hall–Kier alpha value is -4.68. The number of rotatable bonds is 9. The summed E-state index contributed by atoms with van der Waals surface area (Å²) in [6.07, 6.45) is 5.13. The first-order chi connectivity index (χ1) is 19.2. The van der Waals surface area contributed by atoms with Gasteiger partial charge in [-0.3, -0.25) is 24.0 Å². The molecule has 1 aromatic carbocycles. The average molecular weight is 553 g/mol. The number of allylic oxidation sites excluding steroid dienone is 1. The van der Waals surface area contributed by atoms with E-state index in [1.165, 1.54) is 16.0 Å². The van der Waals surface area contributed by atoms with E-state index in [9.17, 15) is 28.8 Å². The molecule has 40 heavy (non-hydrogen) atoms. The van der Waals surface area contributed by atoms with Crippen molar-refractivity contribution in [3.63, 3.8) is 0 Å². The van der Waals surface area contributed by atoms with E-state index in [0.29, 0.717) is 30.4 Å². The number of nitrogens with one attached hydrogen (secondary N) is 1. The van der Waals surface area contributed by atoms with Crippen LogP contribution in [0.4, 0.5) is 4.79 Å². The molecule has 13 nitrogen and oxygen atoms in total. The maximum absolute atomic E-state index is 13.6. The highest BCUT2D eigenvalue weighted by Gasteiger charge is 2.44. The highest BCUT2D eigenvalue weighted by Crippen LogP contribution is 2.23. The Kier molecular flexibility index (Phi) is 8.82. The number of amides is 6. The molecule has 13 heteroatoms. The Labute approximate surface area is 230 Å². The van der Waals surface area contributed by atoms with Gasteiger partial charge in [-0.05, 0) is 37.4 Å². The molecule has 0 radical (unpaired) electrons. The predicted octanol–water partition coefficient (Wildman–Crippen LogP) is -0.136. The van der Waals surface area contributed by atoms with Crippen LogP contribution in [0.1, 0.15) is 37.7 Å². The lowest BCUT2D eigenvalue weighted by atomic mass is 10.1. The zero-order chi connectivity index (χ0) is 28.8. The molecule has 0 spiro atoms. The molecule has 0 bridgehead atoms. The van der Waals surface area contributed by atoms with Crippen molar-refractivity contribution in [2.24, 2.45) is 11.5 Å². The van der Waals surface area contributed by atoms with E-state index in [1.54, 1.807) is 36.5 Å². The van der Waals surface area contributed by atoms with Gasteiger partial charge in [0.2, 0.25) is 29.5 Å². The van der Waals surface area contributed by atoms with Gasteiger partial charge in [-0.15, -0.1) is 0 Å². The first kappa shape index (κ1) is 28.3. The van der Waals surface area contributed by atoms with Crippen molar-refractivity contribution >= 4 is 35.6 Å². The Morgan fingerprint density at radius 1 is 1.05 bits per heavy atom. The number of likely N-dealkylation sites (tertiary alicyclic amines) is 2. The van der Waals surface area contributed by atoms with Gasteiger partial charge in [0.15, 0.2) is 0 Å². The molecular weight excluding hydrogens is 520 g/mol. The summed E-state index contributed by atoms with van der Waals surface area (Å²) in [6, 6.07) is 5.67. The van der Waals surface area contributed by atoms with Gasteiger partial charge in [0.1, 0.15) is 24.7 Å². The molecule has 1 unspecified atom stereocenters. The molecule has 2 fully saturated rings. The Bertz CT molecular complexity index is 1250. The van der Waals surface area contributed by atoms with Crippen LogP contribution in [-0.4, -0.2) is 81.5 Å². The highest BCUT2D eigenvalue weighted by atomic mass is 16.6. The second-order valence-electron chi connectivity index (χ2n) is 9.82. The summed E-state index contributed by atoms with van der Waals surface area (Å²) in [6.45, 7) is 0.0913. The number of nitrogens with two attached hydrogens (primary N) is 2. The molecule has 2 saturated heterocycles. The third kappa shape index (κ3) is 6.47. The van der Waals surface area contributed by atoms with Gasteiger partial charge >= 0.3 is 6.09 Å². The smallest absolute Gasteiger partial charge is 0.417 e. The normalized spacial score (nSPS) is 21.1. The monoisotopic (exact) mass is 552 g/mol. The van der Waals surface area contributed by atoms with Gasteiger partial charge in [-0.2, -0.15) is 0 Å². The molecule has 3 atom stereocenters. The van der Waals surface area contributed by atoms with Crippen molar-refractivity contribution in [1.29, 1.82) is 0 Å². The van der Waals surface area contributed by atoms with Crippen molar-refractivity contribution in [3.05, 3.63) is 59.9 Å². The molecule has 1 aromatic rings. The topological polar surface area (TPSA) is 185 Å². The largest absolute Gasteiger partial charge is 0.444 e. The van der Waals surface area contributed by atoms with Gasteiger partial charge < -0.3 is 31.3 Å². The summed E-state index contributed by atoms with van der Waals surface area (Å²) in [7, 11) is 0. The quantitative estimate of drug-likeness (QED) is 0.378. The molecule has 3 aliphatic heterocycles. The molecule has 0 aliphatic carbocycles. The zero-order valence-corrected chi connectivity index (χ0v) is 21.9. The number of primary amides is 2. The minimum Gasteiger partial charge on any atom is -0.444 e. The summed E-state index contributed by atoms with van der Waals surface area (Å²) in [5.41, 5.74) is 11.9. The lowest BCUT2D eigenvalue weighted by molar-refractivity contribution is -0.141. The van der Waals surface area contributed by atoms with Crippen LogP contribution in [0.3, 0.4) is 0 Å². The molecule has 6 amide bonds. The third-order valence-electron chi connectivity index (χ3n) is 7.06. The minimum absolute atomic E-state index is 0.0490. The predicted molar refractivity (Wildman–Crippen MR) is 140 cm³/mol. The number of carbonyl (C=O) groups excluding carboxylic acids is 6. The second-order valence-corrected chi connectivity index (χ2v) is 9.82. The second kappa shape index (κ2) is 12.5. The van der Waals surface area contributed by atoms with Gasteiger partial charge in [-0.1, -0.05) is 36.4 Å². The van der Waals surface area contributed by atoms with Crippen LogP contribution in [-0.2, 0) is 35.3 Å². The number of benzene rings is 1.